The van der Waals surface area contributed by atoms with Crippen LogP contribution in [0.25, 0.3) is 0 Å². The number of amides is 1. The van der Waals surface area contributed by atoms with Crippen LogP contribution in [0, 0.1) is 5.41 Å². The Morgan fingerprint density at radius 3 is 2.43 bits per heavy atom. The smallest absolute Gasteiger partial charge is 0.228 e. The van der Waals surface area contributed by atoms with E-state index >= 15 is 0 Å². The number of hydrogen-bond acceptors (Lipinski definition) is 2. The molecular weight excluding hydrogens is 178 g/mol. The van der Waals surface area contributed by atoms with E-state index < -0.39 is 0 Å². The molecule has 3 nitrogen and oxygen atoms in total. The molecule has 0 aromatic heterocycles. The van der Waals surface area contributed by atoms with Crippen LogP contribution in [0.3, 0.4) is 0 Å². The van der Waals surface area contributed by atoms with Crippen LogP contribution in [0.1, 0.15) is 39.5 Å². The number of likely N-dealkylation sites (tertiary alicyclic amines) is 1. The van der Waals surface area contributed by atoms with Gasteiger partial charge in [0, 0.05) is 19.7 Å². The minimum atomic E-state index is -0.144. The zero-order valence-corrected chi connectivity index (χ0v) is 9.42. The maximum Gasteiger partial charge on any atom is 0.228 e. The molecule has 1 heterocycles. The maximum atomic E-state index is 12.0. The second-order valence-electron chi connectivity index (χ2n) is 4.27. The lowest BCUT2D eigenvalue weighted by atomic mass is 9.79. The average Bonchev–Trinajstić information content (AvgIpc) is 2.44. The van der Waals surface area contributed by atoms with E-state index in [1.807, 2.05) is 11.9 Å². The van der Waals surface area contributed by atoms with E-state index in [4.69, 9.17) is 5.11 Å². The van der Waals surface area contributed by atoms with E-state index in [1.54, 1.807) is 0 Å². The highest BCUT2D eigenvalue weighted by atomic mass is 16.3. The first-order valence-corrected chi connectivity index (χ1v) is 5.49. The Morgan fingerprint density at radius 1 is 1.50 bits per heavy atom. The van der Waals surface area contributed by atoms with Gasteiger partial charge in [-0.25, -0.2) is 0 Å². The first-order chi connectivity index (χ1) is 6.61. The highest BCUT2D eigenvalue weighted by Gasteiger charge is 2.47. The van der Waals surface area contributed by atoms with Gasteiger partial charge < -0.3 is 10.0 Å². The van der Waals surface area contributed by atoms with Crippen molar-refractivity contribution in [3.8, 4) is 0 Å². The summed E-state index contributed by atoms with van der Waals surface area (Å²) < 4.78 is 0. The van der Waals surface area contributed by atoms with E-state index in [0.717, 1.165) is 19.3 Å². The molecule has 82 valence electrons. The molecule has 1 amide bonds. The molecule has 0 aromatic rings. The number of rotatable bonds is 4. The normalized spacial score (nSPS) is 25.9. The van der Waals surface area contributed by atoms with E-state index in [9.17, 15) is 4.79 Å². The van der Waals surface area contributed by atoms with Crippen LogP contribution in [-0.4, -0.2) is 35.6 Å². The Bertz CT molecular complexity index is 211. The van der Waals surface area contributed by atoms with Crippen LogP contribution in [0.4, 0.5) is 0 Å². The number of hydrogen-bond donors (Lipinski definition) is 1. The van der Waals surface area contributed by atoms with Gasteiger partial charge in [0.15, 0.2) is 0 Å². The van der Waals surface area contributed by atoms with Crippen molar-refractivity contribution in [2.45, 2.75) is 45.6 Å². The minimum Gasteiger partial charge on any atom is -0.396 e. The lowest BCUT2D eigenvalue weighted by molar-refractivity contribution is -0.136. The summed E-state index contributed by atoms with van der Waals surface area (Å²) in [5.74, 6) is 0.265. The highest BCUT2D eigenvalue weighted by molar-refractivity contribution is 5.85. The second kappa shape index (κ2) is 4.30. The lowest BCUT2D eigenvalue weighted by Crippen LogP contribution is -2.33. The van der Waals surface area contributed by atoms with Gasteiger partial charge in [-0.1, -0.05) is 13.8 Å². The molecule has 3 heteroatoms. The van der Waals surface area contributed by atoms with E-state index in [2.05, 4.69) is 13.8 Å². The Hall–Kier alpha value is -0.570. The van der Waals surface area contributed by atoms with Crippen molar-refractivity contribution < 1.29 is 9.90 Å². The SMILES string of the molecule is CCC1(CC)C[C@H](CCO)N(C)C1=O. The van der Waals surface area contributed by atoms with Crippen molar-refractivity contribution >= 4 is 5.91 Å². The molecule has 1 aliphatic heterocycles. The zero-order valence-electron chi connectivity index (χ0n) is 9.42. The molecule has 0 aliphatic carbocycles. The fourth-order valence-corrected chi connectivity index (χ4v) is 2.50. The zero-order chi connectivity index (χ0) is 10.8. The molecule has 1 saturated heterocycles. The Kier molecular flexibility index (Phi) is 3.53. The number of carbonyl (C=O) groups excluding carboxylic acids is 1. The molecule has 1 fully saturated rings. The van der Waals surface area contributed by atoms with E-state index in [-0.39, 0.29) is 24.0 Å². The van der Waals surface area contributed by atoms with E-state index in [1.165, 1.54) is 0 Å². The quantitative estimate of drug-likeness (QED) is 0.743. The summed E-state index contributed by atoms with van der Waals surface area (Å²) >= 11 is 0. The van der Waals surface area contributed by atoms with Crippen molar-refractivity contribution in [1.29, 1.82) is 0 Å². The van der Waals surface area contributed by atoms with Gasteiger partial charge in [-0.2, -0.15) is 0 Å². The fourth-order valence-electron chi connectivity index (χ4n) is 2.50. The molecule has 0 saturated carbocycles. The summed E-state index contributed by atoms with van der Waals surface area (Å²) in [7, 11) is 1.86. The van der Waals surface area contributed by atoms with Gasteiger partial charge in [0.1, 0.15) is 0 Å². The van der Waals surface area contributed by atoms with Gasteiger partial charge >= 0.3 is 0 Å². The number of aliphatic hydroxyl groups is 1. The van der Waals surface area contributed by atoms with Crippen LogP contribution in [0.2, 0.25) is 0 Å². The summed E-state index contributed by atoms with van der Waals surface area (Å²) in [6, 6.07) is 0.243. The highest BCUT2D eigenvalue weighted by Crippen LogP contribution is 2.41. The first-order valence-electron chi connectivity index (χ1n) is 5.49. The third kappa shape index (κ3) is 1.65. The molecule has 0 bridgehead atoms. The predicted molar refractivity (Wildman–Crippen MR) is 55.9 cm³/mol. The molecule has 0 aromatic carbocycles. The fraction of sp³-hybridized carbons (Fsp3) is 0.909. The molecule has 1 N–H and O–H groups in total. The molecule has 0 unspecified atom stereocenters. The molecule has 0 radical (unpaired) electrons. The van der Waals surface area contributed by atoms with Crippen LogP contribution in [0.5, 0.6) is 0 Å². The van der Waals surface area contributed by atoms with E-state index in [0.29, 0.717) is 6.42 Å². The van der Waals surface area contributed by atoms with Gasteiger partial charge in [-0.3, -0.25) is 4.79 Å². The summed E-state index contributed by atoms with van der Waals surface area (Å²) in [5, 5.41) is 8.91. The number of carbonyl (C=O) groups is 1. The maximum absolute atomic E-state index is 12.0. The van der Waals surface area contributed by atoms with Gasteiger partial charge in [-0.15, -0.1) is 0 Å². The third-order valence-electron chi connectivity index (χ3n) is 3.76. The third-order valence-corrected chi connectivity index (χ3v) is 3.76. The van der Waals surface area contributed by atoms with Crippen molar-refractivity contribution in [1.82, 2.24) is 4.90 Å². The topological polar surface area (TPSA) is 40.5 Å². The summed E-state index contributed by atoms with van der Waals surface area (Å²) in [4.78, 5) is 13.8. The number of aliphatic hydroxyl groups excluding tert-OH is 1. The molecule has 1 atom stereocenters. The van der Waals surface area contributed by atoms with Gasteiger partial charge in [0.25, 0.3) is 0 Å². The second-order valence-corrected chi connectivity index (χ2v) is 4.27. The summed E-state index contributed by atoms with van der Waals surface area (Å²) in [6.45, 7) is 4.33. The van der Waals surface area contributed by atoms with Crippen molar-refractivity contribution in [3.05, 3.63) is 0 Å². The largest absolute Gasteiger partial charge is 0.396 e. The minimum absolute atomic E-state index is 0.144. The summed E-state index contributed by atoms with van der Waals surface area (Å²) in [6.07, 6.45) is 3.45. The van der Waals surface area contributed by atoms with Gasteiger partial charge in [-0.05, 0) is 25.7 Å². The number of nitrogens with zero attached hydrogens (tertiary/aromatic N) is 1. The Labute approximate surface area is 86.1 Å². The standard InChI is InChI=1S/C11H21NO2/c1-4-11(5-2)8-9(6-7-13)12(3)10(11)14/h9,13H,4-8H2,1-3H3/t9-/m0/s1. The lowest BCUT2D eigenvalue weighted by Gasteiger charge is -2.23. The Morgan fingerprint density at radius 2 is 2.07 bits per heavy atom. The Balaban J connectivity index is 2.79. The molecule has 1 rings (SSSR count). The molecule has 1 aliphatic rings. The van der Waals surface area contributed by atoms with Crippen molar-refractivity contribution in [2.24, 2.45) is 5.41 Å². The predicted octanol–water partition coefficient (Wildman–Crippen LogP) is 1.41. The van der Waals surface area contributed by atoms with Gasteiger partial charge in [0.05, 0.1) is 5.41 Å². The van der Waals surface area contributed by atoms with Crippen LogP contribution in [0.15, 0.2) is 0 Å². The molecular formula is C11H21NO2. The van der Waals surface area contributed by atoms with Crippen LogP contribution >= 0.6 is 0 Å². The molecule has 14 heavy (non-hydrogen) atoms. The average molecular weight is 199 g/mol. The van der Waals surface area contributed by atoms with Crippen LogP contribution in [-0.2, 0) is 4.79 Å². The van der Waals surface area contributed by atoms with Crippen molar-refractivity contribution in [2.75, 3.05) is 13.7 Å². The molecule has 0 spiro atoms. The summed E-state index contributed by atoms with van der Waals surface area (Å²) in [5.41, 5.74) is -0.144. The van der Waals surface area contributed by atoms with Crippen molar-refractivity contribution in [3.63, 3.8) is 0 Å². The monoisotopic (exact) mass is 199 g/mol. The van der Waals surface area contributed by atoms with Gasteiger partial charge in [0.2, 0.25) is 5.91 Å². The first kappa shape index (κ1) is 11.5. The van der Waals surface area contributed by atoms with Crippen LogP contribution < -0.4 is 0 Å².